The smallest absolute Gasteiger partial charge is 0.234 e. The molecule has 45 heavy (non-hydrogen) atoms. The molecular formula is C39H33FN4O. The third kappa shape index (κ3) is 4.31. The van der Waals surface area contributed by atoms with Crippen LogP contribution in [0.3, 0.4) is 0 Å². The van der Waals surface area contributed by atoms with E-state index in [2.05, 4.69) is 101 Å². The number of carbonyl (C=O) groups is 1. The molecule has 0 radical (unpaired) electrons. The Hall–Kier alpha value is -5.07. The van der Waals surface area contributed by atoms with Gasteiger partial charge >= 0.3 is 0 Å². The summed E-state index contributed by atoms with van der Waals surface area (Å²) in [6, 6.07) is 44.1. The molecule has 0 bridgehead atoms. The third-order valence-electron chi connectivity index (χ3n) is 9.74. The molecule has 1 amide bonds. The summed E-state index contributed by atoms with van der Waals surface area (Å²) in [5.74, 6) is -0.108. The highest BCUT2D eigenvalue weighted by molar-refractivity contribution is 6.03. The van der Waals surface area contributed by atoms with E-state index in [1.165, 1.54) is 12.1 Å². The first-order valence-electron chi connectivity index (χ1n) is 15.6. The van der Waals surface area contributed by atoms with Crippen LogP contribution in [0.25, 0.3) is 22.2 Å². The number of nitrogens with zero attached hydrogens (tertiary/aromatic N) is 3. The summed E-state index contributed by atoms with van der Waals surface area (Å²) >= 11 is 0. The van der Waals surface area contributed by atoms with Crippen LogP contribution in [0.2, 0.25) is 0 Å². The van der Waals surface area contributed by atoms with Crippen molar-refractivity contribution in [3.63, 3.8) is 0 Å². The summed E-state index contributed by atoms with van der Waals surface area (Å²) in [6.07, 6.45) is 1.72. The van der Waals surface area contributed by atoms with Crippen molar-refractivity contribution in [1.29, 1.82) is 0 Å². The monoisotopic (exact) mass is 592 g/mol. The number of carbonyl (C=O) groups excluding carboxylic acids is 1. The molecule has 1 spiro atoms. The largest absolute Gasteiger partial charge is 0.316 e. The number of nitrogens with one attached hydrogen (secondary N) is 1. The van der Waals surface area contributed by atoms with Crippen LogP contribution in [-0.2, 0) is 10.3 Å². The zero-order valence-electron chi connectivity index (χ0n) is 24.9. The van der Waals surface area contributed by atoms with Gasteiger partial charge in [-0.05, 0) is 78.5 Å². The normalized spacial score (nSPS) is 18.3. The zero-order valence-corrected chi connectivity index (χ0v) is 24.9. The number of amides is 1. The van der Waals surface area contributed by atoms with E-state index < -0.39 is 5.54 Å². The van der Waals surface area contributed by atoms with Crippen molar-refractivity contribution < 1.29 is 9.18 Å². The molecule has 222 valence electrons. The van der Waals surface area contributed by atoms with E-state index in [1.807, 2.05) is 23.1 Å². The van der Waals surface area contributed by atoms with Gasteiger partial charge in [-0.3, -0.25) is 4.79 Å². The Labute approximate surface area is 261 Å². The van der Waals surface area contributed by atoms with Gasteiger partial charge < -0.3 is 10.2 Å². The Morgan fingerprint density at radius 1 is 0.733 bits per heavy atom. The second kappa shape index (κ2) is 10.8. The first-order chi connectivity index (χ1) is 22.1. The molecule has 6 aromatic rings. The van der Waals surface area contributed by atoms with Gasteiger partial charge in [0.1, 0.15) is 17.1 Å². The van der Waals surface area contributed by atoms with E-state index in [4.69, 9.17) is 5.10 Å². The number of rotatable bonds is 6. The fraction of sp³-hybridized carbons (Fsp3) is 0.179. The molecule has 5 nitrogen and oxygen atoms in total. The van der Waals surface area contributed by atoms with E-state index in [-0.39, 0.29) is 17.1 Å². The van der Waals surface area contributed by atoms with Gasteiger partial charge in [0, 0.05) is 29.7 Å². The molecule has 0 unspecified atom stereocenters. The van der Waals surface area contributed by atoms with Crippen LogP contribution in [0, 0.1) is 11.2 Å². The van der Waals surface area contributed by atoms with Gasteiger partial charge in [0.2, 0.25) is 5.91 Å². The Morgan fingerprint density at radius 2 is 1.33 bits per heavy atom. The van der Waals surface area contributed by atoms with E-state index in [0.717, 1.165) is 70.5 Å². The highest BCUT2D eigenvalue weighted by Gasteiger charge is 2.49. The topological polar surface area (TPSA) is 50.2 Å². The summed E-state index contributed by atoms with van der Waals surface area (Å²) in [5.41, 5.74) is 5.37. The van der Waals surface area contributed by atoms with Crippen molar-refractivity contribution in [3.05, 3.63) is 156 Å². The molecule has 1 N–H and O–H groups in total. The highest BCUT2D eigenvalue weighted by atomic mass is 19.1. The van der Waals surface area contributed by atoms with Crippen molar-refractivity contribution in [3.8, 4) is 11.3 Å². The molecule has 1 aromatic heterocycles. The maximum Gasteiger partial charge on any atom is 0.234 e. The lowest BCUT2D eigenvalue weighted by Crippen LogP contribution is -2.38. The quantitative estimate of drug-likeness (QED) is 0.205. The van der Waals surface area contributed by atoms with Crippen LogP contribution in [0.15, 0.2) is 133 Å². The van der Waals surface area contributed by atoms with E-state index in [1.54, 1.807) is 12.1 Å². The summed E-state index contributed by atoms with van der Waals surface area (Å²) in [5, 5.41) is 9.73. The lowest BCUT2D eigenvalue weighted by atomic mass is 9.77. The van der Waals surface area contributed by atoms with Gasteiger partial charge in [-0.25, -0.2) is 9.07 Å². The zero-order chi connectivity index (χ0) is 30.4. The van der Waals surface area contributed by atoms with Crippen molar-refractivity contribution in [2.24, 2.45) is 5.41 Å². The van der Waals surface area contributed by atoms with Crippen LogP contribution in [0.5, 0.6) is 0 Å². The van der Waals surface area contributed by atoms with E-state index in [9.17, 15) is 9.18 Å². The summed E-state index contributed by atoms with van der Waals surface area (Å²) in [4.78, 5) is 15.7. The highest BCUT2D eigenvalue weighted by Crippen LogP contribution is 2.45. The fourth-order valence-electron chi connectivity index (χ4n) is 7.46. The predicted octanol–water partition coefficient (Wildman–Crippen LogP) is 7.40. The molecule has 3 heterocycles. The summed E-state index contributed by atoms with van der Waals surface area (Å²) < 4.78 is 16.3. The number of hydrogen-bond donors (Lipinski definition) is 1. The van der Waals surface area contributed by atoms with Gasteiger partial charge in [-0.15, -0.1) is 0 Å². The van der Waals surface area contributed by atoms with Crippen LogP contribution in [0.4, 0.5) is 10.1 Å². The minimum atomic E-state index is -0.829. The lowest BCUT2D eigenvalue weighted by molar-refractivity contribution is -0.124. The van der Waals surface area contributed by atoms with Crippen molar-refractivity contribution >= 4 is 22.5 Å². The number of hydrogen-bond acceptors (Lipinski definition) is 3. The molecule has 0 saturated carbocycles. The molecule has 0 aliphatic carbocycles. The predicted molar refractivity (Wildman–Crippen MR) is 177 cm³/mol. The summed E-state index contributed by atoms with van der Waals surface area (Å²) in [6.45, 7) is 2.30. The second-order valence-corrected chi connectivity index (χ2v) is 12.2. The average Bonchev–Trinajstić information content (AvgIpc) is 3.82. The van der Waals surface area contributed by atoms with Crippen LogP contribution < -0.4 is 10.2 Å². The standard InChI is InChI=1S/C39H33FN4O/c40-32-18-16-28(17-19-32)36-34-26-33(43-25-23-38(37(43)45)22-24-41-27-38)20-21-35(34)44(42-36)39(29-10-4-1-5-11-29,30-12-6-2-7-13-30)31-14-8-3-9-15-31/h1-21,26,41H,22-25,27H2/t38-/m0/s1. The van der Waals surface area contributed by atoms with E-state index >= 15 is 0 Å². The van der Waals surface area contributed by atoms with Gasteiger partial charge in [0.05, 0.1) is 10.9 Å². The van der Waals surface area contributed by atoms with Crippen molar-refractivity contribution in [2.75, 3.05) is 24.5 Å². The van der Waals surface area contributed by atoms with Gasteiger partial charge in [-0.1, -0.05) is 91.0 Å². The van der Waals surface area contributed by atoms with Crippen molar-refractivity contribution in [2.45, 2.75) is 18.4 Å². The number of fused-ring (bicyclic) bond motifs is 1. The number of halogens is 1. The fourth-order valence-corrected chi connectivity index (χ4v) is 7.46. The molecule has 5 aromatic carbocycles. The van der Waals surface area contributed by atoms with E-state index in [0.29, 0.717) is 6.54 Å². The van der Waals surface area contributed by atoms with Crippen LogP contribution >= 0.6 is 0 Å². The average molecular weight is 593 g/mol. The number of benzene rings is 5. The maximum absolute atomic E-state index is 14.2. The maximum atomic E-state index is 14.2. The third-order valence-corrected chi connectivity index (χ3v) is 9.74. The summed E-state index contributed by atoms with van der Waals surface area (Å²) in [7, 11) is 0. The minimum absolute atomic E-state index is 0.190. The Bertz CT molecular complexity index is 1890. The van der Waals surface area contributed by atoms with Crippen molar-refractivity contribution in [1.82, 2.24) is 15.1 Å². The SMILES string of the molecule is O=C1N(c2ccc3c(c2)c(-c2ccc(F)cc2)nn3C(c2ccccc2)(c2ccccc2)c2ccccc2)CC[C@]12CCNC2. The molecule has 2 aliphatic rings. The molecule has 1 atom stereocenters. The molecular weight excluding hydrogens is 559 g/mol. The first-order valence-corrected chi connectivity index (χ1v) is 15.6. The van der Waals surface area contributed by atoms with Gasteiger partial charge in [0.15, 0.2) is 0 Å². The van der Waals surface area contributed by atoms with Gasteiger partial charge in [0.25, 0.3) is 0 Å². The van der Waals surface area contributed by atoms with Crippen LogP contribution in [-0.4, -0.2) is 35.3 Å². The first kappa shape index (κ1) is 27.5. The van der Waals surface area contributed by atoms with Crippen LogP contribution in [0.1, 0.15) is 29.5 Å². The molecule has 2 aliphatic heterocycles. The molecule has 2 saturated heterocycles. The molecule has 8 rings (SSSR count). The molecule has 6 heteroatoms. The minimum Gasteiger partial charge on any atom is -0.316 e. The van der Waals surface area contributed by atoms with Gasteiger partial charge in [-0.2, -0.15) is 5.10 Å². The number of aromatic nitrogens is 2. The number of anilines is 1. The Balaban J connectivity index is 1.42. The second-order valence-electron chi connectivity index (χ2n) is 12.2. The Morgan fingerprint density at radius 3 is 1.89 bits per heavy atom. The molecule has 2 fully saturated rings. The lowest BCUT2D eigenvalue weighted by Gasteiger charge is -2.37. The Kier molecular flexibility index (Phi) is 6.61.